The average molecular weight is 344 g/mol. The van der Waals surface area contributed by atoms with E-state index in [1.54, 1.807) is 13.4 Å². The third-order valence-corrected chi connectivity index (χ3v) is 5.74. The van der Waals surface area contributed by atoms with Crippen LogP contribution in [0.15, 0.2) is 29.3 Å². The number of hydrogen-bond acceptors (Lipinski definition) is 5. The Bertz CT molecular complexity index is 789. The fourth-order valence-electron chi connectivity index (χ4n) is 2.61. The molecule has 0 N–H and O–H groups in total. The van der Waals surface area contributed by atoms with Crippen molar-refractivity contribution in [3.63, 3.8) is 0 Å². The van der Waals surface area contributed by atoms with Gasteiger partial charge >= 0.3 is 0 Å². The Morgan fingerprint density at radius 2 is 2.08 bits per heavy atom. The van der Waals surface area contributed by atoms with Gasteiger partial charge in [0.2, 0.25) is 0 Å². The molecule has 2 aromatic rings. The summed E-state index contributed by atoms with van der Waals surface area (Å²) in [6.45, 7) is 8.92. The second kappa shape index (κ2) is 6.86. The first-order valence-corrected chi connectivity index (χ1v) is 11.9. The fourth-order valence-corrected chi connectivity index (χ4v) is 3.37. The van der Waals surface area contributed by atoms with Crippen LogP contribution >= 0.6 is 0 Å². The molecule has 0 atom stereocenters. The highest BCUT2D eigenvalue weighted by Gasteiger charge is 2.18. The lowest BCUT2D eigenvalue weighted by molar-refractivity contribution is 0.0899. The van der Waals surface area contributed by atoms with Gasteiger partial charge in [0.15, 0.2) is 0 Å². The molecule has 0 aromatic carbocycles. The summed E-state index contributed by atoms with van der Waals surface area (Å²) in [7, 11) is 0.601. The van der Waals surface area contributed by atoms with Crippen molar-refractivity contribution in [2.45, 2.75) is 32.4 Å². The zero-order valence-corrected chi connectivity index (χ0v) is 15.7. The van der Waals surface area contributed by atoms with Crippen LogP contribution in [0.1, 0.15) is 5.69 Å². The van der Waals surface area contributed by atoms with Gasteiger partial charge in [-0.15, -0.1) is 0 Å². The van der Waals surface area contributed by atoms with E-state index in [0.717, 1.165) is 40.7 Å². The number of aromatic nitrogens is 3. The monoisotopic (exact) mass is 344 g/mol. The summed E-state index contributed by atoms with van der Waals surface area (Å²) in [5.41, 5.74) is 2.66. The van der Waals surface area contributed by atoms with Gasteiger partial charge in [-0.25, -0.2) is 9.97 Å². The minimum Gasteiger partial charge on any atom is -0.498 e. The van der Waals surface area contributed by atoms with Crippen LogP contribution in [-0.2, 0) is 16.2 Å². The number of allylic oxidation sites excluding steroid dienone is 1. The number of methoxy groups -OCH3 is 1. The molecule has 2 aromatic heterocycles. The van der Waals surface area contributed by atoms with Crippen molar-refractivity contribution in [2.75, 3.05) is 20.3 Å². The van der Waals surface area contributed by atoms with E-state index in [0.29, 0.717) is 13.3 Å². The van der Waals surface area contributed by atoms with Crippen molar-refractivity contribution in [3.05, 3.63) is 30.0 Å². The van der Waals surface area contributed by atoms with E-state index in [-0.39, 0.29) is 0 Å². The maximum atomic E-state index is 5.84. The van der Waals surface area contributed by atoms with E-state index in [1.807, 2.05) is 23.0 Å². The van der Waals surface area contributed by atoms with Gasteiger partial charge in [-0.1, -0.05) is 19.6 Å². The van der Waals surface area contributed by atoms with E-state index in [2.05, 4.69) is 34.6 Å². The van der Waals surface area contributed by atoms with Crippen molar-refractivity contribution in [2.24, 2.45) is 4.99 Å². The van der Waals surface area contributed by atoms with Crippen molar-refractivity contribution in [3.8, 4) is 0 Å². The van der Waals surface area contributed by atoms with E-state index < -0.39 is 8.07 Å². The Morgan fingerprint density at radius 1 is 1.25 bits per heavy atom. The zero-order chi connectivity index (χ0) is 17.2. The van der Waals surface area contributed by atoms with Crippen molar-refractivity contribution >= 4 is 30.9 Å². The van der Waals surface area contributed by atoms with E-state index in [4.69, 9.17) is 9.47 Å². The predicted octanol–water partition coefficient (Wildman–Crippen LogP) is 3.19. The topological polar surface area (TPSA) is 61.5 Å². The van der Waals surface area contributed by atoms with Gasteiger partial charge in [-0.2, -0.15) is 0 Å². The van der Waals surface area contributed by atoms with Crippen molar-refractivity contribution in [1.82, 2.24) is 14.5 Å². The standard InChI is InChI=1S/C17H24N4O2Si/c1-22-15-10-18-9-14(15)16-13-5-6-21(17(13)20-11-19-16)12-23-7-8-24(2,3)4/h5-6,9,11H,7-8,10,12H2,1-4H3. The van der Waals surface area contributed by atoms with Gasteiger partial charge in [0, 0.05) is 32.5 Å². The molecule has 7 heteroatoms. The maximum absolute atomic E-state index is 5.84. The van der Waals surface area contributed by atoms with Gasteiger partial charge < -0.3 is 14.0 Å². The Hall–Kier alpha value is -1.99. The molecule has 0 radical (unpaired) electrons. The van der Waals surface area contributed by atoms with Gasteiger partial charge in [0.05, 0.1) is 24.9 Å². The first kappa shape index (κ1) is 16.9. The molecule has 0 bridgehead atoms. The molecule has 24 heavy (non-hydrogen) atoms. The molecule has 0 fully saturated rings. The minimum absolute atomic E-state index is 0.509. The lowest BCUT2D eigenvalue weighted by Gasteiger charge is -2.15. The van der Waals surface area contributed by atoms with Gasteiger partial charge in [0.1, 0.15) is 24.5 Å². The molecular formula is C17H24N4O2Si. The number of nitrogens with zero attached hydrogens (tertiary/aromatic N) is 4. The molecular weight excluding hydrogens is 320 g/mol. The van der Waals surface area contributed by atoms with Gasteiger partial charge in [-0.3, -0.25) is 4.99 Å². The van der Waals surface area contributed by atoms with Crippen LogP contribution in [0.25, 0.3) is 16.6 Å². The third kappa shape index (κ3) is 3.57. The number of ether oxygens (including phenoxy) is 2. The highest BCUT2D eigenvalue weighted by Crippen LogP contribution is 2.27. The van der Waals surface area contributed by atoms with E-state index in [1.165, 1.54) is 0 Å². The van der Waals surface area contributed by atoms with Crippen LogP contribution in [0, 0.1) is 0 Å². The minimum atomic E-state index is -1.07. The summed E-state index contributed by atoms with van der Waals surface area (Å²) in [4.78, 5) is 13.1. The van der Waals surface area contributed by atoms with Crippen LogP contribution in [0.5, 0.6) is 0 Å². The Labute approximate surface area is 143 Å². The smallest absolute Gasteiger partial charge is 0.145 e. The molecule has 3 rings (SSSR count). The highest BCUT2D eigenvalue weighted by molar-refractivity contribution is 6.76. The summed E-state index contributed by atoms with van der Waals surface area (Å²) in [6, 6.07) is 3.19. The number of fused-ring (bicyclic) bond motifs is 1. The Balaban J connectivity index is 1.81. The lowest BCUT2D eigenvalue weighted by atomic mass is 10.1. The summed E-state index contributed by atoms with van der Waals surface area (Å²) in [5, 5.41) is 0.990. The lowest BCUT2D eigenvalue weighted by Crippen LogP contribution is -2.22. The molecule has 6 nitrogen and oxygen atoms in total. The van der Waals surface area contributed by atoms with Crippen LogP contribution < -0.4 is 0 Å². The average Bonchev–Trinajstić information content (AvgIpc) is 3.17. The normalized spacial score (nSPS) is 14.8. The van der Waals surface area contributed by atoms with Gasteiger partial charge in [0.25, 0.3) is 0 Å². The molecule has 0 aliphatic carbocycles. The van der Waals surface area contributed by atoms with Crippen LogP contribution in [0.3, 0.4) is 0 Å². The summed E-state index contributed by atoms with van der Waals surface area (Å²) in [5.74, 6) is 0.842. The molecule has 1 aliphatic heterocycles. The molecule has 0 spiro atoms. The first-order chi connectivity index (χ1) is 11.5. The van der Waals surface area contributed by atoms with Crippen LogP contribution in [-0.4, -0.2) is 49.1 Å². The maximum Gasteiger partial charge on any atom is 0.145 e. The summed E-state index contributed by atoms with van der Waals surface area (Å²) < 4.78 is 13.3. The zero-order valence-electron chi connectivity index (χ0n) is 14.7. The molecule has 1 aliphatic rings. The molecule has 3 heterocycles. The van der Waals surface area contributed by atoms with Crippen molar-refractivity contribution < 1.29 is 9.47 Å². The second-order valence-corrected chi connectivity index (χ2v) is 12.7. The van der Waals surface area contributed by atoms with E-state index in [9.17, 15) is 0 Å². The second-order valence-electron chi connectivity index (χ2n) is 7.10. The molecule has 0 amide bonds. The number of aliphatic imine (C=N–C) groups is 1. The third-order valence-electron chi connectivity index (χ3n) is 4.04. The quantitative estimate of drug-likeness (QED) is 0.572. The molecule has 128 valence electrons. The van der Waals surface area contributed by atoms with Crippen LogP contribution in [0.4, 0.5) is 0 Å². The van der Waals surface area contributed by atoms with Crippen molar-refractivity contribution in [1.29, 1.82) is 0 Å². The van der Waals surface area contributed by atoms with Crippen LogP contribution in [0.2, 0.25) is 25.7 Å². The fraction of sp³-hybridized carbons (Fsp3) is 0.471. The summed E-state index contributed by atoms with van der Waals surface area (Å²) in [6.07, 6.45) is 5.40. The first-order valence-electron chi connectivity index (χ1n) is 8.14. The number of rotatable bonds is 7. The Kier molecular flexibility index (Phi) is 4.82. The van der Waals surface area contributed by atoms with E-state index >= 15 is 0 Å². The predicted molar refractivity (Wildman–Crippen MR) is 98.9 cm³/mol. The SMILES string of the molecule is COC1=C(c2ncnc3c2ccn3COCC[Si](C)(C)C)C=NC1. The highest BCUT2D eigenvalue weighted by atomic mass is 28.3. The molecule has 0 saturated heterocycles. The number of hydrogen-bond donors (Lipinski definition) is 0. The molecule has 0 saturated carbocycles. The largest absolute Gasteiger partial charge is 0.498 e. The Morgan fingerprint density at radius 3 is 2.83 bits per heavy atom. The summed E-state index contributed by atoms with van der Waals surface area (Å²) >= 11 is 0. The molecule has 0 unspecified atom stereocenters. The van der Waals surface area contributed by atoms with Gasteiger partial charge in [-0.05, 0) is 12.1 Å².